The number of carboxylic acid groups (broad SMARTS) is 1. The lowest BCUT2D eigenvalue weighted by atomic mass is 10.0. The van der Waals surface area contributed by atoms with Gasteiger partial charge < -0.3 is 5.11 Å². The van der Waals surface area contributed by atoms with Crippen LogP contribution in [-0.4, -0.2) is 11.1 Å². The first-order chi connectivity index (χ1) is 21.3. The van der Waals surface area contributed by atoms with Crippen molar-refractivity contribution in [1.29, 1.82) is 0 Å². The van der Waals surface area contributed by atoms with Crippen molar-refractivity contribution in [3.05, 3.63) is 0 Å². The lowest BCUT2D eigenvalue weighted by molar-refractivity contribution is -0.137. The van der Waals surface area contributed by atoms with Gasteiger partial charge in [-0.05, 0) is 6.42 Å². The second-order valence-electron chi connectivity index (χ2n) is 14.2. The SMILES string of the molecule is CCCCCCCCCCCCCCCCCCCCCCCCCCCCCCCCCCCCCCCCC(=O)O. The molecule has 2 nitrogen and oxygen atoms in total. The summed E-state index contributed by atoms with van der Waals surface area (Å²) in [6.07, 6.45) is 54.4. The Morgan fingerprint density at radius 3 is 0.558 bits per heavy atom. The maximum Gasteiger partial charge on any atom is 0.303 e. The van der Waals surface area contributed by atoms with Gasteiger partial charge in [-0.15, -0.1) is 0 Å². The van der Waals surface area contributed by atoms with Gasteiger partial charge in [0.15, 0.2) is 0 Å². The molecule has 0 fully saturated rings. The molecule has 0 aliphatic carbocycles. The molecule has 0 saturated heterocycles. The summed E-state index contributed by atoms with van der Waals surface area (Å²) in [5.74, 6) is -0.647. The summed E-state index contributed by atoms with van der Waals surface area (Å²) >= 11 is 0. The van der Waals surface area contributed by atoms with Crippen LogP contribution in [0.3, 0.4) is 0 Å². The zero-order valence-electron chi connectivity index (χ0n) is 29.9. The van der Waals surface area contributed by atoms with E-state index in [4.69, 9.17) is 5.11 Å². The second-order valence-corrected chi connectivity index (χ2v) is 14.2. The molecule has 0 atom stereocenters. The summed E-state index contributed by atoms with van der Waals surface area (Å²) in [6, 6.07) is 0. The quantitative estimate of drug-likeness (QED) is 0.0707. The molecule has 2 heteroatoms. The number of hydrogen-bond acceptors (Lipinski definition) is 1. The van der Waals surface area contributed by atoms with Crippen molar-refractivity contribution in [1.82, 2.24) is 0 Å². The molecule has 0 aliphatic heterocycles. The maximum atomic E-state index is 10.5. The summed E-state index contributed by atoms with van der Waals surface area (Å²) < 4.78 is 0. The van der Waals surface area contributed by atoms with Crippen molar-refractivity contribution in [3.8, 4) is 0 Å². The van der Waals surface area contributed by atoms with Crippen LogP contribution in [0.4, 0.5) is 0 Å². The summed E-state index contributed by atoms with van der Waals surface area (Å²) in [6.45, 7) is 2.31. The minimum Gasteiger partial charge on any atom is -0.481 e. The number of hydrogen-bond donors (Lipinski definition) is 1. The van der Waals surface area contributed by atoms with Crippen LogP contribution in [0.2, 0.25) is 0 Å². The average molecular weight is 607 g/mol. The largest absolute Gasteiger partial charge is 0.481 e. The topological polar surface area (TPSA) is 37.3 Å². The molecule has 0 aromatic carbocycles. The van der Waals surface area contributed by atoms with E-state index >= 15 is 0 Å². The molecule has 0 bridgehead atoms. The van der Waals surface area contributed by atoms with Crippen molar-refractivity contribution >= 4 is 5.97 Å². The fourth-order valence-electron chi connectivity index (χ4n) is 6.71. The Kier molecular flexibility index (Phi) is 39.0. The monoisotopic (exact) mass is 607 g/mol. The van der Waals surface area contributed by atoms with E-state index in [1.807, 2.05) is 0 Å². The highest BCUT2D eigenvalue weighted by Crippen LogP contribution is 2.17. The second kappa shape index (κ2) is 39.5. The van der Waals surface area contributed by atoms with E-state index in [0.29, 0.717) is 6.42 Å². The van der Waals surface area contributed by atoms with Gasteiger partial charge in [-0.3, -0.25) is 4.79 Å². The Morgan fingerprint density at radius 1 is 0.279 bits per heavy atom. The van der Waals surface area contributed by atoms with Gasteiger partial charge in [0.1, 0.15) is 0 Å². The normalized spacial score (nSPS) is 11.5. The predicted molar refractivity (Wildman–Crippen MR) is 193 cm³/mol. The molecule has 0 heterocycles. The fourth-order valence-corrected chi connectivity index (χ4v) is 6.71. The first-order valence-corrected chi connectivity index (χ1v) is 20.5. The molecule has 0 aromatic rings. The van der Waals surface area contributed by atoms with Gasteiger partial charge in [0.25, 0.3) is 0 Å². The third-order valence-corrected chi connectivity index (χ3v) is 9.74. The van der Waals surface area contributed by atoms with Gasteiger partial charge in [0.05, 0.1) is 0 Å². The predicted octanol–water partition coefficient (Wildman–Crippen LogP) is 15.3. The Hall–Kier alpha value is -0.530. The highest BCUT2D eigenvalue weighted by atomic mass is 16.4. The van der Waals surface area contributed by atoms with Crippen LogP contribution in [0.15, 0.2) is 0 Å². The van der Waals surface area contributed by atoms with Crippen molar-refractivity contribution in [3.63, 3.8) is 0 Å². The van der Waals surface area contributed by atoms with Crippen molar-refractivity contribution in [2.24, 2.45) is 0 Å². The smallest absolute Gasteiger partial charge is 0.303 e. The van der Waals surface area contributed by atoms with E-state index in [1.54, 1.807) is 0 Å². The van der Waals surface area contributed by atoms with Crippen LogP contribution < -0.4 is 0 Å². The van der Waals surface area contributed by atoms with Crippen molar-refractivity contribution < 1.29 is 9.90 Å². The van der Waals surface area contributed by atoms with Gasteiger partial charge in [0.2, 0.25) is 0 Å². The van der Waals surface area contributed by atoms with Gasteiger partial charge in [-0.1, -0.05) is 244 Å². The lowest BCUT2D eigenvalue weighted by Crippen LogP contribution is -1.93. The third-order valence-electron chi connectivity index (χ3n) is 9.74. The van der Waals surface area contributed by atoms with Crippen LogP contribution in [0.25, 0.3) is 0 Å². The maximum absolute atomic E-state index is 10.5. The minimum absolute atomic E-state index is 0.347. The minimum atomic E-state index is -0.647. The number of unbranched alkanes of at least 4 members (excludes halogenated alkanes) is 37. The van der Waals surface area contributed by atoms with E-state index < -0.39 is 5.97 Å². The summed E-state index contributed by atoms with van der Waals surface area (Å²) in [5, 5.41) is 8.64. The van der Waals surface area contributed by atoms with E-state index in [1.165, 1.54) is 231 Å². The van der Waals surface area contributed by atoms with E-state index in [0.717, 1.165) is 12.8 Å². The Bertz CT molecular complexity index is 502. The van der Waals surface area contributed by atoms with Crippen LogP contribution in [0, 0.1) is 0 Å². The first-order valence-electron chi connectivity index (χ1n) is 20.5. The van der Waals surface area contributed by atoms with E-state index in [2.05, 4.69) is 6.92 Å². The van der Waals surface area contributed by atoms with Crippen LogP contribution in [-0.2, 0) is 4.79 Å². The number of carboxylic acids is 1. The number of carbonyl (C=O) groups is 1. The molecule has 0 aromatic heterocycles. The molecule has 0 aliphatic rings. The van der Waals surface area contributed by atoms with Gasteiger partial charge in [-0.2, -0.15) is 0 Å². The standard InChI is InChI=1S/C41H82O2/c1-2-3-4-5-6-7-8-9-10-11-12-13-14-15-16-17-18-19-20-21-22-23-24-25-26-27-28-29-30-31-32-33-34-35-36-37-38-39-40-41(42)43/h2-40H2,1H3,(H,42,43). The zero-order valence-corrected chi connectivity index (χ0v) is 29.9. The number of rotatable bonds is 39. The van der Waals surface area contributed by atoms with Gasteiger partial charge >= 0.3 is 5.97 Å². The molecule has 0 amide bonds. The third kappa shape index (κ3) is 41.5. The van der Waals surface area contributed by atoms with Gasteiger partial charge in [-0.25, -0.2) is 0 Å². The Labute approximate surface area is 272 Å². The van der Waals surface area contributed by atoms with E-state index in [-0.39, 0.29) is 0 Å². The molecule has 43 heavy (non-hydrogen) atoms. The molecule has 0 radical (unpaired) electrons. The van der Waals surface area contributed by atoms with Gasteiger partial charge in [0, 0.05) is 6.42 Å². The highest BCUT2D eigenvalue weighted by molar-refractivity contribution is 5.66. The summed E-state index contributed by atoms with van der Waals surface area (Å²) in [4.78, 5) is 10.5. The van der Waals surface area contributed by atoms with E-state index in [9.17, 15) is 4.79 Å². The molecule has 0 unspecified atom stereocenters. The molecule has 1 N–H and O–H groups in total. The fraction of sp³-hybridized carbons (Fsp3) is 0.976. The van der Waals surface area contributed by atoms with Crippen molar-refractivity contribution in [2.75, 3.05) is 0 Å². The summed E-state index contributed by atoms with van der Waals surface area (Å²) in [5.41, 5.74) is 0. The van der Waals surface area contributed by atoms with Crippen LogP contribution >= 0.6 is 0 Å². The first kappa shape index (κ1) is 42.5. The highest BCUT2D eigenvalue weighted by Gasteiger charge is 1.99. The average Bonchev–Trinajstić information content (AvgIpc) is 3.00. The Morgan fingerprint density at radius 2 is 0.419 bits per heavy atom. The Balaban J connectivity index is 3.03. The molecule has 0 spiro atoms. The molecule has 0 rings (SSSR count). The summed E-state index contributed by atoms with van der Waals surface area (Å²) in [7, 11) is 0. The molecule has 258 valence electrons. The van der Waals surface area contributed by atoms with Crippen LogP contribution in [0.5, 0.6) is 0 Å². The lowest BCUT2D eigenvalue weighted by Gasteiger charge is -2.05. The molecular weight excluding hydrogens is 524 g/mol. The molecular formula is C41H82O2. The molecule has 0 saturated carbocycles. The zero-order chi connectivity index (χ0) is 31.2. The van der Waals surface area contributed by atoms with Crippen LogP contribution in [0.1, 0.15) is 257 Å². The number of aliphatic carboxylic acids is 1. The van der Waals surface area contributed by atoms with Crippen molar-refractivity contribution in [2.45, 2.75) is 257 Å².